The second-order valence-corrected chi connectivity index (χ2v) is 7.23. The van der Waals surface area contributed by atoms with Crippen molar-refractivity contribution in [3.63, 3.8) is 0 Å². The summed E-state index contributed by atoms with van der Waals surface area (Å²) in [6.07, 6.45) is 6.01. The highest BCUT2D eigenvalue weighted by Crippen LogP contribution is 2.29. The number of nitrogens with zero attached hydrogens (tertiary/aromatic N) is 2. The standard InChI is InChI=1S/C20H23N3O4/c24-19-8-16(11-23(19)12-17-2-1-7-26-17)20(25)22-10-15-5-6-18(21-9-15)27-13-14-3-4-14/h1-2,5-7,9,14,16H,3-4,8,10-13H2,(H,22,25)/t16-/m1/s1. The molecule has 142 valence electrons. The molecule has 1 saturated heterocycles. The lowest BCUT2D eigenvalue weighted by Crippen LogP contribution is -2.32. The number of pyridine rings is 1. The predicted molar refractivity (Wildman–Crippen MR) is 96.5 cm³/mol. The van der Waals surface area contributed by atoms with Gasteiger partial charge in [0.2, 0.25) is 17.7 Å². The summed E-state index contributed by atoms with van der Waals surface area (Å²) in [4.78, 5) is 30.5. The number of carbonyl (C=O) groups is 2. The van der Waals surface area contributed by atoms with Crippen LogP contribution in [0.3, 0.4) is 0 Å². The average Bonchev–Trinajstić information content (AvgIpc) is 3.24. The van der Waals surface area contributed by atoms with Crippen LogP contribution in [-0.4, -0.2) is 34.8 Å². The number of nitrogens with one attached hydrogen (secondary N) is 1. The zero-order valence-corrected chi connectivity index (χ0v) is 15.1. The average molecular weight is 369 g/mol. The van der Waals surface area contributed by atoms with Crippen LogP contribution < -0.4 is 10.1 Å². The monoisotopic (exact) mass is 369 g/mol. The third-order valence-electron chi connectivity index (χ3n) is 4.94. The van der Waals surface area contributed by atoms with E-state index in [1.165, 1.54) is 12.8 Å². The summed E-state index contributed by atoms with van der Waals surface area (Å²) < 4.78 is 10.9. The minimum absolute atomic E-state index is 0.0228. The van der Waals surface area contributed by atoms with Gasteiger partial charge in [0.25, 0.3) is 0 Å². The first-order valence-corrected chi connectivity index (χ1v) is 9.33. The van der Waals surface area contributed by atoms with E-state index < -0.39 is 0 Å². The molecule has 0 radical (unpaired) electrons. The lowest BCUT2D eigenvalue weighted by molar-refractivity contribution is -0.129. The van der Waals surface area contributed by atoms with E-state index in [2.05, 4.69) is 10.3 Å². The largest absolute Gasteiger partial charge is 0.477 e. The van der Waals surface area contributed by atoms with Gasteiger partial charge in [0.05, 0.1) is 25.3 Å². The second-order valence-electron chi connectivity index (χ2n) is 7.23. The normalized spacial score (nSPS) is 19.3. The first kappa shape index (κ1) is 17.6. The number of rotatable bonds is 8. The Labute approximate surface area is 157 Å². The Balaban J connectivity index is 1.23. The molecule has 0 spiro atoms. The zero-order chi connectivity index (χ0) is 18.6. The van der Waals surface area contributed by atoms with Gasteiger partial charge in [0.1, 0.15) is 5.76 Å². The second kappa shape index (κ2) is 7.82. The topological polar surface area (TPSA) is 84.7 Å². The van der Waals surface area contributed by atoms with Crippen LogP contribution in [0.2, 0.25) is 0 Å². The minimum atomic E-state index is -0.332. The molecule has 7 nitrogen and oxygen atoms in total. The Morgan fingerprint density at radius 1 is 1.33 bits per heavy atom. The maximum atomic E-state index is 12.4. The van der Waals surface area contributed by atoms with Crippen LogP contribution in [0.25, 0.3) is 0 Å². The third-order valence-corrected chi connectivity index (χ3v) is 4.94. The molecule has 1 N–H and O–H groups in total. The van der Waals surface area contributed by atoms with Crippen LogP contribution in [0.15, 0.2) is 41.1 Å². The fourth-order valence-corrected chi connectivity index (χ4v) is 3.11. The van der Waals surface area contributed by atoms with Gasteiger partial charge in [0, 0.05) is 31.8 Å². The van der Waals surface area contributed by atoms with E-state index in [-0.39, 0.29) is 24.2 Å². The fourth-order valence-electron chi connectivity index (χ4n) is 3.11. The molecule has 2 fully saturated rings. The SMILES string of the molecule is O=C(NCc1ccc(OCC2CC2)nc1)[C@@H]1CC(=O)N(Cc2ccco2)C1. The lowest BCUT2D eigenvalue weighted by Gasteiger charge is -2.15. The van der Waals surface area contributed by atoms with Gasteiger partial charge in [-0.15, -0.1) is 0 Å². The number of carbonyl (C=O) groups excluding carboxylic acids is 2. The quantitative estimate of drug-likeness (QED) is 0.771. The molecule has 4 rings (SSSR count). The summed E-state index contributed by atoms with van der Waals surface area (Å²) >= 11 is 0. The van der Waals surface area contributed by atoms with Crippen molar-refractivity contribution in [2.24, 2.45) is 11.8 Å². The van der Waals surface area contributed by atoms with Gasteiger partial charge in [-0.3, -0.25) is 9.59 Å². The molecule has 2 aliphatic rings. The molecule has 2 aromatic heterocycles. The van der Waals surface area contributed by atoms with Crippen molar-refractivity contribution in [3.05, 3.63) is 48.0 Å². The maximum absolute atomic E-state index is 12.4. The Morgan fingerprint density at radius 3 is 2.93 bits per heavy atom. The van der Waals surface area contributed by atoms with Crippen LogP contribution >= 0.6 is 0 Å². The summed E-state index contributed by atoms with van der Waals surface area (Å²) in [5.74, 6) is 1.56. The van der Waals surface area contributed by atoms with Crippen molar-refractivity contribution in [2.45, 2.75) is 32.4 Å². The number of likely N-dealkylation sites (tertiary alicyclic amines) is 1. The molecule has 2 aromatic rings. The highest BCUT2D eigenvalue weighted by Gasteiger charge is 2.34. The van der Waals surface area contributed by atoms with E-state index in [4.69, 9.17) is 9.15 Å². The molecule has 1 atom stereocenters. The van der Waals surface area contributed by atoms with Crippen LogP contribution in [0, 0.1) is 11.8 Å². The Hall–Kier alpha value is -2.83. The zero-order valence-electron chi connectivity index (χ0n) is 15.1. The van der Waals surface area contributed by atoms with Crippen LogP contribution in [0.1, 0.15) is 30.6 Å². The van der Waals surface area contributed by atoms with Gasteiger partial charge in [-0.2, -0.15) is 0 Å². The van der Waals surface area contributed by atoms with Crippen molar-refractivity contribution >= 4 is 11.8 Å². The summed E-state index contributed by atoms with van der Waals surface area (Å²) in [7, 11) is 0. The summed E-state index contributed by atoms with van der Waals surface area (Å²) in [5.41, 5.74) is 0.902. The van der Waals surface area contributed by atoms with Gasteiger partial charge in [-0.1, -0.05) is 6.07 Å². The molecule has 1 aliphatic carbocycles. The van der Waals surface area contributed by atoms with E-state index in [9.17, 15) is 9.59 Å². The molecule has 0 bridgehead atoms. The highest BCUT2D eigenvalue weighted by atomic mass is 16.5. The van der Waals surface area contributed by atoms with Crippen molar-refractivity contribution in [3.8, 4) is 5.88 Å². The Kier molecular flexibility index (Phi) is 5.09. The Morgan fingerprint density at radius 2 is 2.22 bits per heavy atom. The third kappa shape index (κ3) is 4.67. The van der Waals surface area contributed by atoms with Gasteiger partial charge in [0.15, 0.2) is 0 Å². The fraction of sp³-hybridized carbons (Fsp3) is 0.450. The predicted octanol–water partition coefficient (Wildman–Crippen LogP) is 2.13. The molecule has 1 saturated carbocycles. The van der Waals surface area contributed by atoms with Crippen LogP contribution in [0.4, 0.5) is 0 Å². The van der Waals surface area contributed by atoms with Crippen LogP contribution in [-0.2, 0) is 22.7 Å². The van der Waals surface area contributed by atoms with Gasteiger partial charge in [-0.05, 0) is 36.5 Å². The molecular weight excluding hydrogens is 346 g/mol. The molecule has 27 heavy (non-hydrogen) atoms. The number of hydrogen-bond acceptors (Lipinski definition) is 5. The first-order valence-electron chi connectivity index (χ1n) is 9.33. The van der Waals surface area contributed by atoms with Gasteiger partial charge >= 0.3 is 0 Å². The maximum Gasteiger partial charge on any atom is 0.225 e. The van der Waals surface area contributed by atoms with Crippen molar-refractivity contribution in [1.29, 1.82) is 0 Å². The first-order chi connectivity index (χ1) is 13.2. The molecular formula is C20H23N3O4. The van der Waals surface area contributed by atoms with Crippen LogP contribution in [0.5, 0.6) is 5.88 Å². The van der Waals surface area contributed by atoms with Gasteiger partial charge in [-0.25, -0.2) is 4.98 Å². The molecule has 0 unspecified atom stereocenters. The number of amides is 2. The summed E-state index contributed by atoms with van der Waals surface area (Å²) in [5, 5.41) is 2.90. The van der Waals surface area contributed by atoms with Gasteiger partial charge < -0.3 is 19.4 Å². The molecule has 3 heterocycles. The number of aromatic nitrogens is 1. The van der Waals surface area contributed by atoms with Crippen molar-refractivity contribution in [2.75, 3.05) is 13.2 Å². The molecule has 2 amide bonds. The summed E-state index contributed by atoms with van der Waals surface area (Å²) in [6, 6.07) is 7.34. The van der Waals surface area contributed by atoms with E-state index in [1.54, 1.807) is 23.4 Å². The number of furan rings is 1. The van der Waals surface area contributed by atoms with Crippen molar-refractivity contribution < 1.29 is 18.7 Å². The highest BCUT2D eigenvalue weighted by molar-refractivity contribution is 5.89. The molecule has 1 aliphatic heterocycles. The van der Waals surface area contributed by atoms with E-state index >= 15 is 0 Å². The molecule has 7 heteroatoms. The van der Waals surface area contributed by atoms with E-state index in [1.807, 2.05) is 18.2 Å². The number of ether oxygens (including phenoxy) is 1. The van der Waals surface area contributed by atoms with Crippen molar-refractivity contribution in [1.82, 2.24) is 15.2 Å². The number of hydrogen-bond donors (Lipinski definition) is 1. The minimum Gasteiger partial charge on any atom is -0.477 e. The smallest absolute Gasteiger partial charge is 0.225 e. The van der Waals surface area contributed by atoms with E-state index in [0.29, 0.717) is 31.4 Å². The molecule has 0 aromatic carbocycles. The van der Waals surface area contributed by atoms with E-state index in [0.717, 1.165) is 17.9 Å². The lowest BCUT2D eigenvalue weighted by atomic mass is 10.1. The Bertz CT molecular complexity index is 784. The summed E-state index contributed by atoms with van der Waals surface area (Å²) in [6.45, 7) is 1.93.